The Bertz CT molecular complexity index is 725. The predicted octanol–water partition coefficient (Wildman–Crippen LogP) is 3.08. The number of benzene rings is 1. The number of hydrogen-bond donors (Lipinski definition) is 2. The van der Waals surface area contributed by atoms with Gasteiger partial charge in [-0.25, -0.2) is 9.97 Å². The zero-order valence-electron chi connectivity index (χ0n) is 14.7. The van der Waals surface area contributed by atoms with Crippen molar-refractivity contribution in [3.63, 3.8) is 0 Å². The number of aromatic nitrogens is 2. The lowest BCUT2D eigenvalue weighted by molar-refractivity contribution is 0.0945. The van der Waals surface area contributed by atoms with Crippen molar-refractivity contribution in [2.24, 2.45) is 0 Å². The van der Waals surface area contributed by atoms with Crippen LogP contribution in [0.1, 0.15) is 47.4 Å². The zero-order chi connectivity index (χ0) is 17.6. The Balaban J connectivity index is 1.63. The van der Waals surface area contributed by atoms with Crippen LogP contribution in [0, 0.1) is 6.92 Å². The number of amides is 1. The highest BCUT2D eigenvalue weighted by Crippen LogP contribution is 2.21. The highest BCUT2D eigenvalue weighted by molar-refractivity contribution is 5.92. The van der Waals surface area contributed by atoms with E-state index in [0.717, 1.165) is 29.8 Å². The second-order valence-electron chi connectivity index (χ2n) is 6.37. The van der Waals surface area contributed by atoms with Crippen molar-refractivity contribution in [2.45, 2.75) is 45.2 Å². The lowest BCUT2D eigenvalue weighted by Crippen LogP contribution is -2.25. The summed E-state index contributed by atoms with van der Waals surface area (Å²) in [5, 5.41) is 6.25. The summed E-state index contributed by atoms with van der Waals surface area (Å²) >= 11 is 0. The van der Waals surface area contributed by atoms with Crippen LogP contribution in [0.15, 0.2) is 30.3 Å². The molecule has 0 atom stereocenters. The Morgan fingerprint density at radius 3 is 2.60 bits per heavy atom. The molecule has 0 bridgehead atoms. The van der Waals surface area contributed by atoms with Gasteiger partial charge in [0.25, 0.3) is 5.91 Å². The molecule has 6 heteroatoms. The second-order valence-corrected chi connectivity index (χ2v) is 6.37. The summed E-state index contributed by atoms with van der Waals surface area (Å²) in [6.07, 6.45) is 4.74. The van der Waals surface area contributed by atoms with Gasteiger partial charge >= 0.3 is 0 Å². The summed E-state index contributed by atoms with van der Waals surface area (Å²) in [6, 6.07) is 9.73. The average molecular weight is 340 g/mol. The van der Waals surface area contributed by atoms with E-state index in [2.05, 4.69) is 20.6 Å². The maximum absolute atomic E-state index is 12.4. The van der Waals surface area contributed by atoms with Crippen molar-refractivity contribution in [1.29, 1.82) is 0 Å². The molecule has 0 aliphatic heterocycles. The van der Waals surface area contributed by atoms with Crippen molar-refractivity contribution in [3.8, 4) is 5.75 Å². The minimum atomic E-state index is -0.198. The van der Waals surface area contributed by atoms with Gasteiger partial charge in [0.2, 0.25) is 5.95 Å². The van der Waals surface area contributed by atoms with Crippen LogP contribution >= 0.6 is 0 Å². The van der Waals surface area contributed by atoms with Gasteiger partial charge in [0.15, 0.2) is 0 Å². The Labute approximate surface area is 148 Å². The molecule has 25 heavy (non-hydrogen) atoms. The van der Waals surface area contributed by atoms with E-state index in [9.17, 15) is 4.79 Å². The fourth-order valence-corrected chi connectivity index (χ4v) is 3.02. The maximum atomic E-state index is 12.4. The van der Waals surface area contributed by atoms with Gasteiger partial charge in [-0.3, -0.25) is 4.79 Å². The molecule has 1 aliphatic rings. The first-order valence-corrected chi connectivity index (χ1v) is 8.67. The van der Waals surface area contributed by atoms with Crippen LogP contribution in [0.25, 0.3) is 0 Å². The van der Waals surface area contributed by atoms with Crippen LogP contribution in [0.5, 0.6) is 5.75 Å². The van der Waals surface area contributed by atoms with Gasteiger partial charge in [-0.05, 0) is 43.5 Å². The van der Waals surface area contributed by atoms with E-state index in [4.69, 9.17) is 4.74 Å². The smallest absolute Gasteiger partial charge is 0.270 e. The predicted molar refractivity (Wildman–Crippen MR) is 96.8 cm³/mol. The van der Waals surface area contributed by atoms with Gasteiger partial charge in [-0.2, -0.15) is 0 Å². The lowest BCUT2D eigenvalue weighted by Gasteiger charge is -2.13. The number of nitrogens with zero attached hydrogens (tertiary/aromatic N) is 2. The summed E-state index contributed by atoms with van der Waals surface area (Å²) in [6.45, 7) is 2.32. The molecule has 1 amide bonds. The maximum Gasteiger partial charge on any atom is 0.270 e. The lowest BCUT2D eigenvalue weighted by atomic mass is 10.2. The van der Waals surface area contributed by atoms with Gasteiger partial charge in [0.1, 0.15) is 11.4 Å². The first-order chi connectivity index (χ1) is 12.1. The molecule has 1 aromatic carbocycles. The number of methoxy groups -OCH3 is 1. The molecule has 0 saturated heterocycles. The average Bonchev–Trinajstić information content (AvgIpc) is 3.12. The van der Waals surface area contributed by atoms with E-state index in [1.54, 1.807) is 13.2 Å². The number of ether oxygens (including phenoxy) is 1. The van der Waals surface area contributed by atoms with E-state index in [0.29, 0.717) is 24.2 Å². The summed E-state index contributed by atoms with van der Waals surface area (Å²) in [5.74, 6) is 1.14. The summed E-state index contributed by atoms with van der Waals surface area (Å²) in [4.78, 5) is 21.2. The van der Waals surface area contributed by atoms with Gasteiger partial charge < -0.3 is 15.4 Å². The Morgan fingerprint density at radius 2 is 1.92 bits per heavy atom. The molecule has 0 unspecified atom stereocenters. The molecule has 132 valence electrons. The molecule has 2 aromatic rings. The molecule has 1 aromatic heterocycles. The Hall–Kier alpha value is -2.63. The van der Waals surface area contributed by atoms with Crippen molar-refractivity contribution in [2.75, 3.05) is 12.4 Å². The third kappa shape index (κ3) is 4.68. The first kappa shape index (κ1) is 17.2. The monoisotopic (exact) mass is 340 g/mol. The normalized spacial score (nSPS) is 14.3. The number of carbonyl (C=O) groups excluding carboxylic acids is 1. The third-order valence-electron chi connectivity index (χ3n) is 4.39. The standard InChI is InChI=1S/C19H24N4O2/c1-13-11-17(23-19(21-13)22-15-5-3-4-6-15)18(24)20-12-14-7-9-16(25-2)10-8-14/h7-11,15H,3-6,12H2,1-2H3,(H,20,24)(H,21,22,23). The number of rotatable bonds is 6. The summed E-state index contributed by atoms with van der Waals surface area (Å²) in [7, 11) is 1.63. The molecule has 1 saturated carbocycles. The van der Waals surface area contributed by atoms with Gasteiger partial charge in [0, 0.05) is 18.3 Å². The van der Waals surface area contributed by atoms with Gasteiger partial charge in [-0.15, -0.1) is 0 Å². The molecule has 0 radical (unpaired) electrons. The SMILES string of the molecule is COc1ccc(CNC(=O)c2cc(C)nc(NC3CCCC3)n2)cc1. The minimum Gasteiger partial charge on any atom is -0.497 e. The molecule has 1 fully saturated rings. The molecular weight excluding hydrogens is 316 g/mol. The minimum absolute atomic E-state index is 0.198. The number of nitrogens with one attached hydrogen (secondary N) is 2. The van der Waals surface area contributed by atoms with Crippen LogP contribution in [0.2, 0.25) is 0 Å². The third-order valence-corrected chi connectivity index (χ3v) is 4.39. The second kappa shape index (κ2) is 7.96. The van der Waals surface area contributed by atoms with Crippen LogP contribution < -0.4 is 15.4 Å². The topological polar surface area (TPSA) is 76.1 Å². The van der Waals surface area contributed by atoms with Crippen molar-refractivity contribution < 1.29 is 9.53 Å². The van der Waals surface area contributed by atoms with Crippen molar-refractivity contribution >= 4 is 11.9 Å². The zero-order valence-corrected chi connectivity index (χ0v) is 14.7. The molecule has 6 nitrogen and oxygen atoms in total. The number of hydrogen-bond acceptors (Lipinski definition) is 5. The molecule has 2 N–H and O–H groups in total. The summed E-state index contributed by atoms with van der Waals surface area (Å²) < 4.78 is 5.13. The number of anilines is 1. The van der Waals surface area contributed by atoms with E-state index in [-0.39, 0.29) is 5.91 Å². The van der Waals surface area contributed by atoms with E-state index >= 15 is 0 Å². The van der Waals surface area contributed by atoms with Gasteiger partial charge in [-0.1, -0.05) is 25.0 Å². The van der Waals surface area contributed by atoms with Crippen LogP contribution in [0.3, 0.4) is 0 Å². The molecule has 1 aliphatic carbocycles. The number of aryl methyl sites for hydroxylation is 1. The molecule has 1 heterocycles. The fourth-order valence-electron chi connectivity index (χ4n) is 3.02. The molecule has 0 spiro atoms. The Kier molecular flexibility index (Phi) is 5.48. The summed E-state index contributed by atoms with van der Waals surface area (Å²) in [5.41, 5.74) is 2.18. The van der Waals surface area contributed by atoms with E-state index < -0.39 is 0 Å². The quantitative estimate of drug-likeness (QED) is 0.845. The number of carbonyl (C=O) groups is 1. The van der Waals surface area contributed by atoms with Crippen molar-refractivity contribution in [1.82, 2.24) is 15.3 Å². The van der Waals surface area contributed by atoms with E-state index in [1.165, 1.54) is 12.8 Å². The van der Waals surface area contributed by atoms with Crippen LogP contribution in [0.4, 0.5) is 5.95 Å². The first-order valence-electron chi connectivity index (χ1n) is 8.67. The largest absolute Gasteiger partial charge is 0.497 e. The van der Waals surface area contributed by atoms with E-state index in [1.807, 2.05) is 31.2 Å². The Morgan fingerprint density at radius 1 is 1.20 bits per heavy atom. The van der Waals surface area contributed by atoms with Crippen LogP contribution in [-0.2, 0) is 6.54 Å². The molecule has 3 rings (SSSR count). The van der Waals surface area contributed by atoms with Crippen molar-refractivity contribution in [3.05, 3.63) is 47.3 Å². The highest BCUT2D eigenvalue weighted by atomic mass is 16.5. The highest BCUT2D eigenvalue weighted by Gasteiger charge is 2.17. The van der Waals surface area contributed by atoms with Crippen LogP contribution in [-0.4, -0.2) is 29.0 Å². The fraction of sp³-hybridized carbons (Fsp3) is 0.421. The van der Waals surface area contributed by atoms with Gasteiger partial charge in [0.05, 0.1) is 7.11 Å². The molecular formula is C19H24N4O2.